The van der Waals surface area contributed by atoms with Crippen LogP contribution in [0.4, 0.5) is 10.5 Å². The fourth-order valence-electron chi connectivity index (χ4n) is 2.84. The number of anilines is 1. The average molecular weight is 356 g/mol. The summed E-state index contributed by atoms with van der Waals surface area (Å²) in [6, 6.07) is 8.01. The number of urea groups is 1. The van der Waals surface area contributed by atoms with Gasteiger partial charge in [0.1, 0.15) is 0 Å². The van der Waals surface area contributed by atoms with Gasteiger partial charge in [0.25, 0.3) is 5.91 Å². The number of nitrogens with zero attached hydrogens (tertiary/aromatic N) is 2. The molecule has 1 aromatic carbocycles. The first kappa shape index (κ1) is 17.5. The van der Waals surface area contributed by atoms with E-state index in [0.29, 0.717) is 43.2 Å². The van der Waals surface area contributed by atoms with Gasteiger partial charge in [-0.2, -0.15) is 0 Å². The van der Waals surface area contributed by atoms with Crippen LogP contribution < -0.4 is 11.1 Å². The zero-order valence-corrected chi connectivity index (χ0v) is 14.4. The Bertz CT molecular complexity index is 824. The maximum Gasteiger partial charge on any atom is 0.321 e. The first-order valence-corrected chi connectivity index (χ1v) is 8.25. The molecule has 1 aliphatic rings. The van der Waals surface area contributed by atoms with Gasteiger partial charge < -0.3 is 25.3 Å². The number of aryl methyl sites for hydroxylation is 1. The minimum Gasteiger partial charge on any atom is -0.459 e. The summed E-state index contributed by atoms with van der Waals surface area (Å²) in [5, 5.41) is 2.76. The molecule has 1 saturated heterocycles. The van der Waals surface area contributed by atoms with E-state index in [1.54, 1.807) is 47.1 Å². The predicted octanol–water partition coefficient (Wildman–Crippen LogP) is 1.68. The summed E-state index contributed by atoms with van der Waals surface area (Å²) in [4.78, 5) is 39.3. The Kier molecular flexibility index (Phi) is 4.92. The molecular weight excluding hydrogens is 336 g/mol. The number of carbonyl (C=O) groups is 3. The molecule has 136 valence electrons. The highest BCUT2D eigenvalue weighted by atomic mass is 16.3. The Morgan fingerprint density at radius 3 is 2.38 bits per heavy atom. The number of hydrogen-bond donors (Lipinski definition) is 2. The van der Waals surface area contributed by atoms with Crippen molar-refractivity contribution in [3.8, 4) is 0 Å². The number of piperazine rings is 1. The molecule has 0 bridgehead atoms. The van der Waals surface area contributed by atoms with Crippen LogP contribution in [0.25, 0.3) is 0 Å². The molecule has 0 radical (unpaired) electrons. The topological polar surface area (TPSA) is 109 Å². The van der Waals surface area contributed by atoms with Gasteiger partial charge in [-0.15, -0.1) is 0 Å². The predicted molar refractivity (Wildman–Crippen MR) is 94.9 cm³/mol. The molecule has 2 heterocycles. The molecule has 0 saturated carbocycles. The Labute approximate surface area is 150 Å². The molecular formula is C18H20N4O4. The summed E-state index contributed by atoms with van der Waals surface area (Å²) in [5.41, 5.74) is 6.96. The van der Waals surface area contributed by atoms with Gasteiger partial charge in [-0.3, -0.25) is 9.59 Å². The van der Waals surface area contributed by atoms with Crippen molar-refractivity contribution in [2.75, 3.05) is 31.5 Å². The molecule has 0 spiro atoms. The van der Waals surface area contributed by atoms with Crippen molar-refractivity contribution in [3.63, 3.8) is 0 Å². The van der Waals surface area contributed by atoms with Crippen LogP contribution in [0.15, 0.2) is 41.0 Å². The van der Waals surface area contributed by atoms with Gasteiger partial charge in [-0.05, 0) is 36.8 Å². The van der Waals surface area contributed by atoms with Gasteiger partial charge >= 0.3 is 6.03 Å². The molecule has 0 aliphatic carbocycles. The van der Waals surface area contributed by atoms with Crippen molar-refractivity contribution in [1.29, 1.82) is 0 Å². The molecule has 8 nitrogen and oxygen atoms in total. The number of nitrogens with two attached hydrogens (primary N) is 1. The van der Waals surface area contributed by atoms with Crippen LogP contribution in [-0.4, -0.2) is 53.8 Å². The third kappa shape index (κ3) is 3.69. The van der Waals surface area contributed by atoms with Crippen molar-refractivity contribution in [2.45, 2.75) is 6.92 Å². The smallest absolute Gasteiger partial charge is 0.321 e. The quantitative estimate of drug-likeness (QED) is 0.872. The summed E-state index contributed by atoms with van der Waals surface area (Å²) in [7, 11) is 0. The minimum absolute atomic E-state index is 0.181. The average Bonchev–Trinajstić information content (AvgIpc) is 3.17. The number of furan rings is 1. The van der Waals surface area contributed by atoms with Crippen molar-refractivity contribution >= 4 is 23.5 Å². The highest BCUT2D eigenvalue weighted by Crippen LogP contribution is 2.16. The van der Waals surface area contributed by atoms with Gasteiger partial charge in [0.15, 0.2) is 5.76 Å². The van der Waals surface area contributed by atoms with E-state index in [2.05, 4.69) is 5.32 Å². The number of nitrogens with one attached hydrogen (secondary N) is 1. The standard InChI is InChI=1S/C18H20N4O4/c1-12-4-5-13(11-14(12)16(19)23)20-18(25)22-8-6-21(7-9-22)17(24)15-3-2-10-26-15/h2-5,10-11H,6-9H2,1H3,(H2,19,23)(H,20,25). The van der Waals surface area contributed by atoms with E-state index >= 15 is 0 Å². The summed E-state index contributed by atoms with van der Waals surface area (Å²) >= 11 is 0. The monoisotopic (exact) mass is 356 g/mol. The van der Waals surface area contributed by atoms with Crippen LogP contribution in [0.5, 0.6) is 0 Å². The highest BCUT2D eigenvalue weighted by molar-refractivity contribution is 5.97. The van der Waals surface area contributed by atoms with E-state index in [9.17, 15) is 14.4 Å². The number of benzene rings is 1. The number of primary amides is 1. The van der Waals surface area contributed by atoms with Crippen LogP contribution >= 0.6 is 0 Å². The van der Waals surface area contributed by atoms with Crippen LogP contribution in [0.3, 0.4) is 0 Å². The largest absolute Gasteiger partial charge is 0.459 e. The van der Waals surface area contributed by atoms with Gasteiger partial charge in [0, 0.05) is 37.4 Å². The van der Waals surface area contributed by atoms with E-state index in [1.807, 2.05) is 0 Å². The molecule has 1 aromatic heterocycles. The van der Waals surface area contributed by atoms with Crippen molar-refractivity contribution in [2.24, 2.45) is 5.73 Å². The lowest BCUT2D eigenvalue weighted by atomic mass is 10.1. The molecule has 26 heavy (non-hydrogen) atoms. The normalized spacial score (nSPS) is 14.2. The summed E-state index contributed by atoms with van der Waals surface area (Å²) in [5.74, 6) is -0.426. The maximum atomic E-state index is 12.4. The second kappa shape index (κ2) is 7.30. The number of carbonyl (C=O) groups excluding carboxylic acids is 3. The van der Waals surface area contributed by atoms with Crippen LogP contribution in [-0.2, 0) is 0 Å². The fourth-order valence-corrected chi connectivity index (χ4v) is 2.84. The Morgan fingerprint density at radius 2 is 1.77 bits per heavy atom. The molecule has 8 heteroatoms. The molecule has 1 fully saturated rings. The van der Waals surface area contributed by atoms with E-state index in [1.165, 1.54) is 6.26 Å². The SMILES string of the molecule is Cc1ccc(NC(=O)N2CCN(C(=O)c3ccco3)CC2)cc1C(N)=O. The Hall–Kier alpha value is -3.29. The zero-order chi connectivity index (χ0) is 18.7. The number of rotatable bonds is 3. The van der Waals surface area contributed by atoms with Gasteiger partial charge in [-0.1, -0.05) is 6.07 Å². The third-order valence-corrected chi connectivity index (χ3v) is 4.34. The van der Waals surface area contributed by atoms with Crippen molar-refractivity contribution < 1.29 is 18.8 Å². The molecule has 1 aliphatic heterocycles. The molecule has 0 atom stereocenters. The van der Waals surface area contributed by atoms with Gasteiger partial charge in [0.2, 0.25) is 5.91 Å². The lowest BCUT2D eigenvalue weighted by Crippen LogP contribution is -2.51. The summed E-state index contributed by atoms with van der Waals surface area (Å²) < 4.78 is 5.12. The third-order valence-electron chi connectivity index (χ3n) is 4.34. The zero-order valence-electron chi connectivity index (χ0n) is 14.4. The van der Waals surface area contributed by atoms with Crippen molar-refractivity contribution in [3.05, 3.63) is 53.5 Å². The lowest BCUT2D eigenvalue weighted by Gasteiger charge is -2.34. The second-order valence-corrected chi connectivity index (χ2v) is 6.08. The second-order valence-electron chi connectivity index (χ2n) is 6.08. The van der Waals surface area contributed by atoms with Crippen LogP contribution in [0.2, 0.25) is 0 Å². The van der Waals surface area contributed by atoms with Gasteiger partial charge in [-0.25, -0.2) is 4.79 Å². The first-order chi connectivity index (χ1) is 12.5. The number of amides is 4. The minimum atomic E-state index is -0.538. The highest BCUT2D eigenvalue weighted by Gasteiger charge is 2.26. The summed E-state index contributed by atoms with van der Waals surface area (Å²) in [6.45, 7) is 3.45. The van der Waals surface area contributed by atoms with E-state index < -0.39 is 5.91 Å². The summed E-state index contributed by atoms with van der Waals surface area (Å²) in [6.07, 6.45) is 1.46. The van der Waals surface area contributed by atoms with Crippen LogP contribution in [0.1, 0.15) is 26.5 Å². The molecule has 0 unspecified atom stereocenters. The lowest BCUT2D eigenvalue weighted by molar-refractivity contribution is 0.0640. The van der Waals surface area contributed by atoms with Crippen molar-refractivity contribution in [1.82, 2.24) is 9.80 Å². The first-order valence-electron chi connectivity index (χ1n) is 8.25. The van der Waals surface area contributed by atoms with E-state index in [-0.39, 0.29) is 11.9 Å². The van der Waals surface area contributed by atoms with Gasteiger partial charge in [0.05, 0.1) is 6.26 Å². The molecule has 3 N–H and O–H groups in total. The fraction of sp³-hybridized carbons (Fsp3) is 0.278. The Balaban J connectivity index is 1.58. The molecule has 3 rings (SSSR count). The van der Waals surface area contributed by atoms with E-state index in [4.69, 9.17) is 10.2 Å². The molecule has 4 amide bonds. The maximum absolute atomic E-state index is 12.4. The molecule has 2 aromatic rings. The van der Waals surface area contributed by atoms with Crippen LogP contribution in [0, 0.1) is 6.92 Å². The number of hydrogen-bond acceptors (Lipinski definition) is 4. The Morgan fingerprint density at radius 1 is 1.08 bits per heavy atom. The van der Waals surface area contributed by atoms with E-state index in [0.717, 1.165) is 5.56 Å².